The Morgan fingerprint density at radius 3 is 2.35 bits per heavy atom. The lowest BCUT2D eigenvalue weighted by Gasteiger charge is -2.13. The molecular weight excluding hydrogens is 208 g/mol. The minimum absolute atomic E-state index is 0.932. The number of hydrogen-bond donors (Lipinski definition) is 0. The lowest BCUT2D eigenvalue weighted by Crippen LogP contribution is -1.93. The molecule has 0 fully saturated rings. The minimum atomic E-state index is 0.932. The van der Waals surface area contributed by atoms with Gasteiger partial charge in [-0.3, -0.25) is 0 Å². The van der Waals surface area contributed by atoms with Gasteiger partial charge in [0.1, 0.15) is 5.75 Å². The molecule has 2 aromatic carbocycles. The summed E-state index contributed by atoms with van der Waals surface area (Å²) in [5.41, 5.74) is 4.71. The summed E-state index contributed by atoms with van der Waals surface area (Å²) < 4.78 is 5.46. The van der Waals surface area contributed by atoms with Gasteiger partial charge in [0, 0.05) is 5.56 Å². The van der Waals surface area contributed by atoms with E-state index in [4.69, 9.17) is 4.74 Å². The number of benzene rings is 2. The number of aryl methyl sites for hydroxylation is 1. The van der Waals surface area contributed by atoms with Crippen LogP contribution in [0.1, 0.15) is 18.1 Å². The fourth-order valence-corrected chi connectivity index (χ4v) is 2.04. The molecule has 0 saturated carbocycles. The average Bonchev–Trinajstić information content (AvgIpc) is 2.38. The molecule has 0 aliphatic carbocycles. The summed E-state index contributed by atoms with van der Waals surface area (Å²) >= 11 is 0. The van der Waals surface area contributed by atoms with Crippen LogP contribution in [0.25, 0.3) is 11.1 Å². The van der Waals surface area contributed by atoms with E-state index in [1.165, 1.54) is 16.7 Å². The summed E-state index contributed by atoms with van der Waals surface area (Å²) in [6, 6.07) is 14.4. The molecule has 0 atom stereocenters. The highest BCUT2D eigenvalue weighted by atomic mass is 16.5. The maximum atomic E-state index is 5.46. The van der Waals surface area contributed by atoms with Crippen molar-refractivity contribution in [2.75, 3.05) is 7.11 Å². The Bertz CT molecular complexity index is 475. The van der Waals surface area contributed by atoms with Crippen molar-refractivity contribution in [1.82, 2.24) is 0 Å². The largest absolute Gasteiger partial charge is 0.496 e. The topological polar surface area (TPSA) is 9.23 Å². The third kappa shape index (κ3) is 2.33. The number of ether oxygens (including phenoxy) is 1. The quantitative estimate of drug-likeness (QED) is 0.764. The Morgan fingerprint density at radius 1 is 1.06 bits per heavy atom. The maximum absolute atomic E-state index is 5.46. The predicted octanol–water partition coefficient (Wildman–Crippen LogP) is 4.11. The highest BCUT2D eigenvalue weighted by Gasteiger charge is 2.09. The van der Waals surface area contributed by atoms with Gasteiger partial charge in [-0.15, -0.1) is 0 Å². The second kappa shape index (κ2) is 5.05. The SMILES string of the molecule is [CH2]c1ccc(-c2c(CC)cccc2OC)cc1. The third-order valence-electron chi connectivity index (χ3n) is 2.96. The van der Waals surface area contributed by atoms with Crippen LogP contribution in [0.3, 0.4) is 0 Å². The Hall–Kier alpha value is -1.76. The highest BCUT2D eigenvalue weighted by Crippen LogP contribution is 2.33. The summed E-state index contributed by atoms with van der Waals surface area (Å²) in [7, 11) is 1.72. The molecule has 0 saturated heterocycles. The van der Waals surface area contributed by atoms with Crippen molar-refractivity contribution in [2.45, 2.75) is 13.3 Å². The molecule has 0 aliphatic heterocycles. The van der Waals surface area contributed by atoms with E-state index in [-0.39, 0.29) is 0 Å². The molecule has 1 radical (unpaired) electrons. The fourth-order valence-electron chi connectivity index (χ4n) is 2.04. The monoisotopic (exact) mass is 225 g/mol. The van der Waals surface area contributed by atoms with E-state index in [0.717, 1.165) is 17.7 Å². The van der Waals surface area contributed by atoms with E-state index in [0.29, 0.717) is 0 Å². The first kappa shape index (κ1) is 11.7. The van der Waals surface area contributed by atoms with E-state index in [1.54, 1.807) is 7.11 Å². The Labute approximate surface area is 103 Å². The first-order chi connectivity index (χ1) is 8.26. The van der Waals surface area contributed by atoms with Gasteiger partial charge in [-0.1, -0.05) is 43.3 Å². The Balaban J connectivity index is 2.59. The molecule has 87 valence electrons. The minimum Gasteiger partial charge on any atom is -0.496 e. The van der Waals surface area contributed by atoms with Crippen molar-refractivity contribution in [2.24, 2.45) is 0 Å². The molecule has 1 heteroatoms. The zero-order valence-electron chi connectivity index (χ0n) is 10.4. The molecule has 0 bridgehead atoms. The van der Waals surface area contributed by atoms with E-state index >= 15 is 0 Å². The molecule has 0 unspecified atom stereocenters. The van der Waals surface area contributed by atoms with Crippen LogP contribution in [0, 0.1) is 6.92 Å². The van der Waals surface area contributed by atoms with Crippen LogP contribution in [0.2, 0.25) is 0 Å². The molecule has 2 aromatic rings. The lowest BCUT2D eigenvalue weighted by molar-refractivity contribution is 0.416. The zero-order valence-corrected chi connectivity index (χ0v) is 10.4. The molecular formula is C16H17O. The van der Waals surface area contributed by atoms with Gasteiger partial charge in [0.25, 0.3) is 0 Å². The number of rotatable bonds is 3. The standard InChI is InChI=1S/C16H17O/c1-4-13-6-5-7-15(17-3)16(13)14-10-8-12(2)9-11-14/h5-11H,2,4H2,1,3H3. The smallest absolute Gasteiger partial charge is 0.126 e. The van der Waals surface area contributed by atoms with Crippen LogP contribution in [0.5, 0.6) is 5.75 Å². The van der Waals surface area contributed by atoms with Gasteiger partial charge in [0.2, 0.25) is 0 Å². The maximum Gasteiger partial charge on any atom is 0.126 e. The first-order valence-electron chi connectivity index (χ1n) is 5.84. The van der Waals surface area contributed by atoms with E-state index < -0.39 is 0 Å². The van der Waals surface area contributed by atoms with Gasteiger partial charge in [0.05, 0.1) is 7.11 Å². The molecule has 1 nitrogen and oxygen atoms in total. The number of hydrogen-bond acceptors (Lipinski definition) is 1. The van der Waals surface area contributed by atoms with Gasteiger partial charge in [0.15, 0.2) is 0 Å². The third-order valence-corrected chi connectivity index (χ3v) is 2.96. The number of methoxy groups -OCH3 is 1. The van der Waals surface area contributed by atoms with Crippen LogP contribution in [0.4, 0.5) is 0 Å². The summed E-state index contributed by atoms with van der Waals surface area (Å²) in [5.74, 6) is 0.932. The van der Waals surface area contributed by atoms with Gasteiger partial charge >= 0.3 is 0 Å². The van der Waals surface area contributed by atoms with Crippen molar-refractivity contribution in [3.8, 4) is 16.9 Å². The Kier molecular flexibility index (Phi) is 3.48. The molecule has 0 aliphatic rings. The second-order valence-electron chi connectivity index (χ2n) is 4.04. The summed E-state index contributed by atoms with van der Waals surface area (Å²) in [6.07, 6.45) is 0.999. The fraction of sp³-hybridized carbons (Fsp3) is 0.188. The van der Waals surface area contributed by atoms with E-state index in [9.17, 15) is 0 Å². The van der Waals surface area contributed by atoms with Crippen LogP contribution in [-0.4, -0.2) is 7.11 Å². The molecule has 2 rings (SSSR count). The molecule has 0 spiro atoms. The van der Waals surface area contributed by atoms with E-state index in [1.807, 2.05) is 24.3 Å². The normalized spacial score (nSPS) is 10.3. The van der Waals surface area contributed by atoms with Crippen molar-refractivity contribution < 1.29 is 4.74 Å². The van der Waals surface area contributed by atoms with Gasteiger partial charge in [-0.05, 0) is 36.1 Å². The Morgan fingerprint density at radius 2 is 1.76 bits per heavy atom. The summed E-state index contributed by atoms with van der Waals surface area (Å²) in [5, 5.41) is 0. The van der Waals surface area contributed by atoms with Gasteiger partial charge < -0.3 is 4.74 Å². The van der Waals surface area contributed by atoms with Crippen LogP contribution in [0.15, 0.2) is 42.5 Å². The van der Waals surface area contributed by atoms with Crippen molar-refractivity contribution in [1.29, 1.82) is 0 Å². The zero-order chi connectivity index (χ0) is 12.3. The first-order valence-corrected chi connectivity index (χ1v) is 5.84. The van der Waals surface area contributed by atoms with E-state index in [2.05, 4.69) is 32.0 Å². The second-order valence-corrected chi connectivity index (χ2v) is 4.04. The van der Waals surface area contributed by atoms with Gasteiger partial charge in [-0.25, -0.2) is 0 Å². The van der Waals surface area contributed by atoms with Crippen LogP contribution in [-0.2, 0) is 6.42 Å². The molecule has 0 aromatic heterocycles. The van der Waals surface area contributed by atoms with Crippen molar-refractivity contribution in [3.05, 3.63) is 60.5 Å². The van der Waals surface area contributed by atoms with Crippen molar-refractivity contribution in [3.63, 3.8) is 0 Å². The highest BCUT2D eigenvalue weighted by molar-refractivity contribution is 5.74. The molecule has 0 heterocycles. The molecule has 17 heavy (non-hydrogen) atoms. The molecule has 0 N–H and O–H groups in total. The van der Waals surface area contributed by atoms with Crippen LogP contribution >= 0.6 is 0 Å². The van der Waals surface area contributed by atoms with Gasteiger partial charge in [-0.2, -0.15) is 0 Å². The van der Waals surface area contributed by atoms with Crippen LogP contribution < -0.4 is 4.74 Å². The van der Waals surface area contributed by atoms with Crippen molar-refractivity contribution >= 4 is 0 Å². The lowest BCUT2D eigenvalue weighted by atomic mass is 9.96. The molecule has 0 amide bonds. The predicted molar refractivity (Wildman–Crippen MR) is 72.3 cm³/mol. The average molecular weight is 225 g/mol. The summed E-state index contributed by atoms with van der Waals surface area (Å²) in [4.78, 5) is 0. The summed E-state index contributed by atoms with van der Waals surface area (Å²) in [6.45, 7) is 6.07.